The number of amides is 1. The lowest BCUT2D eigenvalue weighted by molar-refractivity contribution is -0.117. The van der Waals surface area contributed by atoms with Crippen LogP contribution < -0.4 is 10.6 Å². The molecule has 7 nitrogen and oxygen atoms in total. The Morgan fingerprint density at radius 2 is 1.51 bits per heavy atom. The zero-order chi connectivity index (χ0) is 33.3. The maximum atomic E-state index is 13.5. The number of piperazine rings is 1. The fraction of sp³-hybridized carbons (Fsp3) is 0.447. The maximum Gasteiger partial charge on any atom is 0.253 e. The first-order valence-electron chi connectivity index (χ1n) is 16.0. The topological polar surface area (TPSA) is 66.1 Å². The molecule has 0 unspecified atom stereocenters. The quantitative estimate of drug-likeness (QED) is 0.0680. The van der Waals surface area contributed by atoms with Crippen LogP contribution in [0.2, 0.25) is 0 Å². The van der Waals surface area contributed by atoms with Crippen molar-refractivity contribution in [2.24, 2.45) is 0 Å². The molecule has 0 bridgehead atoms. The molecule has 0 aromatic rings. The van der Waals surface area contributed by atoms with E-state index in [1.54, 1.807) is 7.11 Å². The van der Waals surface area contributed by atoms with Crippen LogP contribution in [0.15, 0.2) is 120 Å². The Hall–Kier alpha value is -3.81. The van der Waals surface area contributed by atoms with Crippen LogP contribution in [0.4, 0.5) is 0 Å². The van der Waals surface area contributed by atoms with Crippen molar-refractivity contribution in [1.82, 2.24) is 20.4 Å². The third-order valence-corrected chi connectivity index (χ3v) is 7.05. The van der Waals surface area contributed by atoms with E-state index >= 15 is 0 Å². The molecule has 0 aliphatic carbocycles. The lowest BCUT2D eigenvalue weighted by Crippen LogP contribution is -2.47. The highest BCUT2D eigenvalue weighted by Crippen LogP contribution is 2.15. The molecule has 248 valence electrons. The van der Waals surface area contributed by atoms with E-state index in [-0.39, 0.29) is 5.91 Å². The van der Waals surface area contributed by atoms with E-state index in [0.717, 1.165) is 74.7 Å². The summed E-state index contributed by atoms with van der Waals surface area (Å²) >= 11 is 0. The summed E-state index contributed by atoms with van der Waals surface area (Å²) < 4.78 is 11.1. The van der Waals surface area contributed by atoms with Crippen LogP contribution in [-0.2, 0) is 14.3 Å². The number of carbonyl (C=O) groups excluding carboxylic acids is 1. The van der Waals surface area contributed by atoms with Crippen molar-refractivity contribution in [3.8, 4) is 0 Å². The SMILES string of the molecule is C=C(/C=C\C=C/C)OCCN1CCN(CCCN\C=C(C(=O)NC/C(C)=C/C(C)=C\C=C/C)/C(/C=C(\C)OC)=C/C=C\C)CC1. The normalized spacial score (nSPS) is 16.8. The summed E-state index contributed by atoms with van der Waals surface area (Å²) in [6.07, 6.45) is 26.4. The number of allylic oxidation sites excluding steroid dienone is 14. The third-order valence-electron chi connectivity index (χ3n) is 7.05. The van der Waals surface area contributed by atoms with Crippen LogP contribution in [0, 0.1) is 0 Å². The molecule has 1 saturated heterocycles. The van der Waals surface area contributed by atoms with Crippen LogP contribution in [0.3, 0.4) is 0 Å². The molecule has 7 heteroatoms. The summed E-state index contributed by atoms with van der Waals surface area (Å²) in [6.45, 7) is 23.8. The summed E-state index contributed by atoms with van der Waals surface area (Å²) in [6, 6.07) is 0. The van der Waals surface area contributed by atoms with E-state index < -0.39 is 0 Å². The number of ether oxygens (including phenoxy) is 2. The van der Waals surface area contributed by atoms with Crippen molar-refractivity contribution in [2.75, 3.05) is 66.1 Å². The molecule has 0 spiro atoms. The maximum absolute atomic E-state index is 13.5. The molecule has 1 rings (SSSR count). The Morgan fingerprint density at radius 1 is 0.867 bits per heavy atom. The second-order valence-electron chi connectivity index (χ2n) is 11.0. The Morgan fingerprint density at radius 3 is 2.16 bits per heavy atom. The van der Waals surface area contributed by atoms with Gasteiger partial charge < -0.3 is 25.0 Å². The molecule has 1 heterocycles. The monoisotopic (exact) mass is 618 g/mol. The van der Waals surface area contributed by atoms with Gasteiger partial charge in [-0.2, -0.15) is 0 Å². The number of carbonyl (C=O) groups is 1. The van der Waals surface area contributed by atoms with Crippen molar-refractivity contribution in [3.63, 3.8) is 0 Å². The molecular weight excluding hydrogens is 560 g/mol. The summed E-state index contributed by atoms with van der Waals surface area (Å²) in [5.41, 5.74) is 3.55. The third kappa shape index (κ3) is 18.6. The highest BCUT2D eigenvalue weighted by atomic mass is 16.5. The number of hydrogen-bond donors (Lipinski definition) is 2. The number of nitrogens with one attached hydrogen (secondary N) is 2. The van der Waals surface area contributed by atoms with Crippen molar-refractivity contribution >= 4 is 5.91 Å². The number of methoxy groups -OCH3 is 1. The summed E-state index contributed by atoms with van der Waals surface area (Å²) in [5.74, 6) is 1.28. The first-order valence-corrected chi connectivity index (χ1v) is 16.0. The Bertz CT molecular complexity index is 1170. The van der Waals surface area contributed by atoms with E-state index in [9.17, 15) is 4.79 Å². The van der Waals surface area contributed by atoms with Gasteiger partial charge in [-0.1, -0.05) is 78.5 Å². The van der Waals surface area contributed by atoms with Gasteiger partial charge in [-0.15, -0.1) is 0 Å². The zero-order valence-electron chi connectivity index (χ0n) is 28.9. The fourth-order valence-corrected chi connectivity index (χ4v) is 4.47. The summed E-state index contributed by atoms with van der Waals surface area (Å²) in [5, 5.41) is 6.49. The predicted molar refractivity (Wildman–Crippen MR) is 192 cm³/mol. The molecule has 0 saturated carbocycles. The van der Waals surface area contributed by atoms with Crippen LogP contribution in [0.25, 0.3) is 0 Å². The van der Waals surface area contributed by atoms with E-state index in [0.29, 0.717) is 24.5 Å². The number of rotatable bonds is 20. The van der Waals surface area contributed by atoms with Gasteiger partial charge in [-0.3, -0.25) is 9.69 Å². The molecule has 0 radical (unpaired) electrons. The predicted octanol–water partition coefficient (Wildman–Crippen LogP) is 6.77. The van der Waals surface area contributed by atoms with Gasteiger partial charge in [0, 0.05) is 52.0 Å². The second-order valence-corrected chi connectivity index (χ2v) is 11.0. The Balaban J connectivity index is 2.72. The largest absolute Gasteiger partial charge is 0.501 e. The Labute approximate surface area is 273 Å². The number of hydrogen-bond acceptors (Lipinski definition) is 6. The minimum Gasteiger partial charge on any atom is -0.501 e. The highest BCUT2D eigenvalue weighted by molar-refractivity contribution is 5.98. The average molecular weight is 619 g/mol. The van der Waals surface area contributed by atoms with Gasteiger partial charge in [0.25, 0.3) is 5.91 Å². The van der Waals surface area contributed by atoms with Gasteiger partial charge in [0.2, 0.25) is 0 Å². The van der Waals surface area contributed by atoms with Crippen molar-refractivity contribution < 1.29 is 14.3 Å². The smallest absolute Gasteiger partial charge is 0.253 e. The first-order chi connectivity index (χ1) is 21.7. The molecule has 0 atom stereocenters. The number of nitrogens with zero attached hydrogens (tertiary/aromatic N) is 2. The second kappa shape index (κ2) is 24.5. The van der Waals surface area contributed by atoms with Crippen LogP contribution in [0.5, 0.6) is 0 Å². The summed E-state index contributed by atoms with van der Waals surface area (Å²) in [4.78, 5) is 18.4. The lowest BCUT2D eigenvalue weighted by atomic mass is 10.0. The van der Waals surface area contributed by atoms with Crippen LogP contribution in [-0.4, -0.2) is 81.8 Å². The van der Waals surface area contributed by atoms with Crippen molar-refractivity contribution in [3.05, 3.63) is 120 Å². The van der Waals surface area contributed by atoms with Gasteiger partial charge in [0.1, 0.15) is 12.4 Å². The van der Waals surface area contributed by atoms with Gasteiger partial charge in [0.05, 0.1) is 18.4 Å². The van der Waals surface area contributed by atoms with E-state index in [2.05, 4.69) is 46.1 Å². The zero-order valence-corrected chi connectivity index (χ0v) is 28.9. The van der Waals surface area contributed by atoms with Gasteiger partial charge in [-0.05, 0) is 72.2 Å². The van der Waals surface area contributed by atoms with Crippen molar-refractivity contribution in [1.29, 1.82) is 0 Å². The minimum absolute atomic E-state index is 0.140. The highest BCUT2D eigenvalue weighted by Gasteiger charge is 2.17. The molecule has 45 heavy (non-hydrogen) atoms. The molecule has 1 amide bonds. The molecule has 2 N–H and O–H groups in total. The van der Waals surface area contributed by atoms with Crippen LogP contribution >= 0.6 is 0 Å². The first kappa shape index (κ1) is 39.2. The molecular formula is C38H58N4O3. The molecule has 1 fully saturated rings. The summed E-state index contributed by atoms with van der Waals surface area (Å²) in [7, 11) is 1.63. The lowest BCUT2D eigenvalue weighted by Gasteiger charge is -2.34. The van der Waals surface area contributed by atoms with E-state index in [1.165, 1.54) is 0 Å². The Kier molecular flexibility index (Phi) is 21.4. The molecule has 1 aliphatic heterocycles. The van der Waals surface area contributed by atoms with Gasteiger partial charge >= 0.3 is 0 Å². The van der Waals surface area contributed by atoms with E-state index in [1.807, 2.05) is 102 Å². The van der Waals surface area contributed by atoms with E-state index in [4.69, 9.17) is 9.47 Å². The molecule has 1 aliphatic rings. The van der Waals surface area contributed by atoms with Crippen molar-refractivity contribution in [2.45, 2.75) is 48.0 Å². The van der Waals surface area contributed by atoms with Gasteiger partial charge in [0.15, 0.2) is 0 Å². The minimum atomic E-state index is -0.140. The molecule has 0 aromatic carbocycles. The fourth-order valence-electron chi connectivity index (χ4n) is 4.47. The van der Waals surface area contributed by atoms with Gasteiger partial charge in [-0.25, -0.2) is 0 Å². The molecule has 0 aromatic heterocycles. The average Bonchev–Trinajstić information content (AvgIpc) is 3.03. The van der Waals surface area contributed by atoms with Crippen LogP contribution in [0.1, 0.15) is 48.0 Å². The standard InChI is InChI=1S/C38H58N4O3/c1-9-12-15-18-34(6)45-27-26-42-24-22-41(23-25-42)21-16-20-39-31-37(36(19-14-11-3)29-35(7)44-8)38(43)40-30-33(5)28-32(4)17-13-10-2/h9-15,17-19,28-29,31,39H,6,16,20-27,30H2,1-5,7-8H3,(H,40,43)/b12-9-,13-10-,14-11-,18-15-,32-17-,33-28+,35-29+,36-19+,37-31+.